The van der Waals surface area contributed by atoms with Crippen LogP contribution in [-0.2, 0) is 6.54 Å². The summed E-state index contributed by atoms with van der Waals surface area (Å²) in [6, 6.07) is 7.38. The highest BCUT2D eigenvalue weighted by Gasteiger charge is 2.30. The number of rotatable bonds is 7. The Balaban J connectivity index is 1.90. The molecule has 0 radical (unpaired) electrons. The lowest BCUT2D eigenvalue weighted by Crippen LogP contribution is -2.20. The van der Waals surface area contributed by atoms with Gasteiger partial charge in [-0.1, -0.05) is 30.7 Å². The highest BCUT2D eigenvalue weighted by molar-refractivity contribution is 6.30. The molecule has 150 valence electrons. The monoisotopic (exact) mass is 408 g/mol. The van der Waals surface area contributed by atoms with Crippen molar-refractivity contribution in [2.45, 2.75) is 39.3 Å². The van der Waals surface area contributed by atoms with E-state index in [-0.39, 0.29) is 6.04 Å². The van der Waals surface area contributed by atoms with Crippen LogP contribution in [0.3, 0.4) is 0 Å². The fraction of sp³-hybridized carbons (Fsp3) is 0.381. The Kier molecular flexibility index (Phi) is 6.39. The van der Waals surface area contributed by atoms with Gasteiger partial charge in [0.2, 0.25) is 0 Å². The van der Waals surface area contributed by atoms with E-state index >= 15 is 0 Å². The summed E-state index contributed by atoms with van der Waals surface area (Å²) in [7, 11) is 1.50. The molecule has 4 nitrogen and oxygen atoms in total. The van der Waals surface area contributed by atoms with Crippen molar-refractivity contribution >= 4 is 17.3 Å². The predicted molar refractivity (Wildman–Crippen MR) is 106 cm³/mol. The van der Waals surface area contributed by atoms with Gasteiger partial charge in [0, 0.05) is 29.6 Å². The minimum absolute atomic E-state index is 0.0133. The third-order valence-corrected chi connectivity index (χ3v) is 5.14. The Bertz CT molecular complexity index is 873. The van der Waals surface area contributed by atoms with Gasteiger partial charge in [0.25, 0.3) is 6.43 Å². The molecule has 1 aliphatic heterocycles. The number of benzene rings is 1. The van der Waals surface area contributed by atoms with Crippen molar-refractivity contribution in [1.29, 1.82) is 0 Å². The first-order valence-electron chi connectivity index (χ1n) is 9.15. The molecule has 28 heavy (non-hydrogen) atoms. The van der Waals surface area contributed by atoms with Crippen molar-refractivity contribution < 1.29 is 18.3 Å². The number of fused-ring (bicyclic) bond motifs is 1. The summed E-state index contributed by atoms with van der Waals surface area (Å²) in [5.74, 6) is 0.738. The lowest BCUT2D eigenvalue weighted by molar-refractivity contribution is 0.0804. The van der Waals surface area contributed by atoms with Crippen LogP contribution in [0.4, 0.5) is 8.78 Å². The van der Waals surface area contributed by atoms with Crippen LogP contribution in [0.1, 0.15) is 43.0 Å². The number of pyridine rings is 1. The molecule has 0 N–H and O–H groups in total. The summed E-state index contributed by atoms with van der Waals surface area (Å²) in [6.45, 7) is 4.17. The van der Waals surface area contributed by atoms with E-state index in [1.54, 1.807) is 12.3 Å². The van der Waals surface area contributed by atoms with Crippen LogP contribution in [0.2, 0.25) is 5.15 Å². The highest BCUT2D eigenvalue weighted by Crippen LogP contribution is 2.42. The fourth-order valence-electron chi connectivity index (χ4n) is 3.43. The Morgan fingerprint density at radius 1 is 1.29 bits per heavy atom. The summed E-state index contributed by atoms with van der Waals surface area (Å²) in [5, 5.41) is 0.516. The Hall–Kier alpha value is -2.34. The lowest BCUT2D eigenvalue weighted by atomic mass is 10.1. The van der Waals surface area contributed by atoms with E-state index in [1.165, 1.54) is 7.11 Å². The molecule has 0 aliphatic carbocycles. The second-order valence-corrected chi connectivity index (χ2v) is 6.90. The molecule has 0 bridgehead atoms. The molecule has 0 saturated heterocycles. The smallest absolute Gasteiger partial charge is 0.272 e. The van der Waals surface area contributed by atoms with Crippen LogP contribution < -0.4 is 9.47 Å². The van der Waals surface area contributed by atoms with Gasteiger partial charge in [-0.2, -0.15) is 0 Å². The molecule has 1 atom stereocenters. The van der Waals surface area contributed by atoms with Gasteiger partial charge in [-0.05, 0) is 37.1 Å². The van der Waals surface area contributed by atoms with Crippen LogP contribution in [-0.4, -0.2) is 30.0 Å². The van der Waals surface area contributed by atoms with Crippen molar-refractivity contribution in [2.75, 3.05) is 13.7 Å². The van der Waals surface area contributed by atoms with Gasteiger partial charge >= 0.3 is 0 Å². The van der Waals surface area contributed by atoms with E-state index in [1.807, 2.05) is 18.2 Å². The first-order valence-corrected chi connectivity index (χ1v) is 9.53. The average molecular weight is 409 g/mol. The molecule has 2 heterocycles. The molecule has 0 spiro atoms. The molecule has 1 aromatic heterocycles. The average Bonchev–Trinajstić information content (AvgIpc) is 3.06. The normalized spacial score (nSPS) is 15.8. The number of nitrogens with zero attached hydrogens (tertiary/aromatic N) is 2. The maximum atomic E-state index is 12.5. The highest BCUT2D eigenvalue weighted by atomic mass is 35.5. The molecule has 1 unspecified atom stereocenters. The van der Waals surface area contributed by atoms with E-state index in [2.05, 4.69) is 29.8 Å². The summed E-state index contributed by atoms with van der Waals surface area (Å²) < 4.78 is 35.4. The maximum absolute atomic E-state index is 12.5. The number of alkyl halides is 2. The van der Waals surface area contributed by atoms with Crippen LogP contribution in [0.5, 0.6) is 11.5 Å². The molecule has 3 rings (SSSR count). The minimum Gasteiger partial charge on any atom is -0.493 e. The summed E-state index contributed by atoms with van der Waals surface area (Å²) in [4.78, 5) is 6.46. The van der Waals surface area contributed by atoms with Gasteiger partial charge < -0.3 is 14.4 Å². The zero-order valence-corrected chi connectivity index (χ0v) is 16.8. The van der Waals surface area contributed by atoms with E-state index < -0.39 is 13.0 Å². The van der Waals surface area contributed by atoms with Gasteiger partial charge in [0.15, 0.2) is 11.5 Å². The second-order valence-electron chi connectivity index (χ2n) is 6.54. The first kappa shape index (κ1) is 20.4. The van der Waals surface area contributed by atoms with Gasteiger partial charge in [-0.25, -0.2) is 13.8 Å². The van der Waals surface area contributed by atoms with Gasteiger partial charge in [0.1, 0.15) is 11.8 Å². The number of allylic oxidation sites excluding steroid dienone is 1. The molecule has 0 saturated carbocycles. The zero-order valence-electron chi connectivity index (χ0n) is 16.1. The molecule has 0 amide bonds. The predicted octanol–water partition coefficient (Wildman–Crippen LogP) is 5.72. The van der Waals surface area contributed by atoms with Crippen LogP contribution >= 0.6 is 11.6 Å². The van der Waals surface area contributed by atoms with Crippen molar-refractivity contribution in [3.05, 3.63) is 58.4 Å². The van der Waals surface area contributed by atoms with Gasteiger partial charge in [-0.3, -0.25) is 0 Å². The number of halogens is 3. The van der Waals surface area contributed by atoms with E-state index in [4.69, 9.17) is 21.1 Å². The molecule has 1 aromatic carbocycles. The third-order valence-electron chi connectivity index (χ3n) is 4.82. The van der Waals surface area contributed by atoms with E-state index in [0.29, 0.717) is 23.2 Å². The number of ether oxygens (including phenoxy) is 2. The van der Waals surface area contributed by atoms with E-state index in [9.17, 15) is 8.78 Å². The maximum Gasteiger partial charge on any atom is 0.272 e. The van der Waals surface area contributed by atoms with Crippen LogP contribution in [0.25, 0.3) is 5.70 Å². The molecular formula is C21H23ClF2N2O2. The Morgan fingerprint density at radius 3 is 2.75 bits per heavy atom. The SMILES string of the molecule is CC/C=C1/c2ccnc(Cl)c2CN1C(C)c1ccc(OCC(F)F)c(OC)c1. The van der Waals surface area contributed by atoms with Crippen molar-refractivity contribution in [1.82, 2.24) is 9.88 Å². The van der Waals surface area contributed by atoms with Crippen LogP contribution in [0.15, 0.2) is 36.5 Å². The lowest BCUT2D eigenvalue weighted by Gasteiger charge is -2.29. The number of methoxy groups -OCH3 is 1. The number of hydrogen-bond donors (Lipinski definition) is 0. The van der Waals surface area contributed by atoms with Gasteiger partial charge in [0.05, 0.1) is 13.2 Å². The fourth-order valence-corrected chi connectivity index (χ4v) is 3.65. The van der Waals surface area contributed by atoms with Crippen molar-refractivity contribution in [3.8, 4) is 11.5 Å². The second kappa shape index (κ2) is 8.78. The molecule has 0 fully saturated rings. The standard InChI is InChI=1S/C21H23ClF2N2O2/c1-4-5-17-15-8-9-25-21(22)16(15)11-26(17)13(2)14-6-7-18(19(10-14)27-3)28-12-20(23)24/h5-10,13,20H,4,11-12H2,1-3H3/b17-5-. The minimum atomic E-state index is -2.54. The number of hydrogen-bond acceptors (Lipinski definition) is 4. The summed E-state index contributed by atoms with van der Waals surface area (Å²) >= 11 is 6.32. The largest absolute Gasteiger partial charge is 0.493 e. The summed E-state index contributed by atoms with van der Waals surface area (Å²) in [6.07, 6.45) is 2.25. The van der Waals surface area contributed by atoms with Crippen molar-refractivity contribution in [2.24, 2.45) is 0 Å². The van der Waals surface area contributed by atoms with Crippen LogP contribution in [0, 0.1) is 0 Å². The quantitative estimate of drug-likeness (QED) is 0.549. The van der Waals surface area contributed by atoms with Crippen molar-refractivity contribution in [3.63, 3.8) is 0 Å². The topological polar surface area (TPSA) is 34.6 Å². The molecule has 2 aromatic rings. The number of aromatic nitrogens is 1. The first-order chi connectivity index (χ1) is 13.5. The summed E-state index contributed by atoms with van der Waals surface area (Å²) in [5.41, 5.74) is 4.21. The van der Waals surface area contributed by atoms with E-state index in [0.717, 1.165) is 28.8 Å². The Labute approximate surface area is 168 Å². The molecular weight excluding hydrogens is 386 g/mol. The zero-order chi connectivity index (χ0) is 20.3. The molecule has 7 heteroatoms. The third kappa shape index (κ3) is 4.07. The molecule has 1 aliphatic rings. The van der Waals surface area contributed by atoms with Gasteiger partial charge in [-0.15, -0.1) is 0 Å². The Morgan fingerprint density at radius 2 is 2.07 bits per heavy atom.